The fraction of sp³-hybridized carbons (Fsp3) is 0.556. The first-order valence-corrected chi connectivity index (χ1v) is 7.49. The Balaban J connectivity index is 1.98. The van der Waals surface area contributed by atoms with E-state index in [1.54, 1.807) is 11.1 Å². The smallest absolute Gasteiger partial charge is 0.0397 e. The van der Waals surface area contributed by atoms with Gasteiger partial charge < -0.3 is 0 Å². The third kappa shape index (κ3) is 2.49. The van der Waals surface area contributed by atoms with Gasteiger partial charge in [0.05, 0.1) is 0 Å². The maximum absolute atomic E-state index is 4.24. The van der Waals surface area contributed by atoms with Gasteiger partial charge in [-0.2, -0.15) is 0 Å². The van der Waals surface area contributed by atoms with Crippen molar-refractivity contribution in [3.8, 4) is 0 Å². The van der Waals surface area contributed by atoms with Crippen LogP contribution in [0.4, 0.5) is 0 Å². The molecule has 1 heterocycles. The standard InChI is InChI=1S/C18H25N/c1-13-11-17(19(12-13)18(2,3)4)16-8-6-5-7-15(16)14-9-10-14/h5-8,14,17H,1,9-12H2,2-4H3. The van der Waals surface area contributed by atoms with E-state index in [0.717, 1.165) is 18.9 Å². The molecular formula is C18H25N. The van der Waals surface area contributed by atoms with Gasteiger partial charge in [0.2, 0.25) is 0 Å². The van der Waals surface area contributed by atoms with Crippen molar-refractivity contribution in [3.63, 3.8) is 0 Å². The highest BCUT2D eigenvalue weighted by Crippen LogP contribution is 2.47. The summed E-state index contributed by atoms with van der Waals surface area (Å²) in [5.74, 6) is 0.826. The fourth-order valence-corrected chi connectivity index (χ4v) is 3.36. The second-order valence-corrected chi connectivity index (χ2v) is 7.17. The fourth-order valence-electron chi connectivity index (χ4n) is 3.36. The molecule has 0 bridgehead atoms. The summed E-state index contributed by atoms with van der Waals surface area (Å²) in [6.07, 6.45) is 3.88. The molecule has 1 atom stereocenters. The van der Waals surface area contributed by atoms with Crippen molar-refractivity contribution in [1.29, 1.82) is 0 Å². The lowest BCUT2D eigenvalue weighted by Crippen LogP contribution is -2.40. The summed E-state index contributed by atoms with van der Waals surface area (Å²) in [6, 6.07) is 9.61. The van der Waals surface area contributed by atoms with Crippen molar-refractivity contribution in [2.45, 2.75) is 57.5 Å². The summed E-state index contributed by atoms with van der Waals surface area (Å²) in [6.45, 7) is 12.2. The molecule has 1 aromatic rings. The van der Waals surface area contributed by atoms with E-state index in [0.29, 0.717) is 6.04 Å². The quantitative estimate of drug-likeness (QED) is 0.694. The summed E-state index contributed by atoms with van der Waals surface area (Å²) in [5.41, 5.74) is 4.74. The van der Waals surface area contributed by atoms with E-state index in [-0.39, 0.29) is 5.54 Å². The first kappa shape index (κ1) is 12.9. The van der Waals surface area contributed by atoms with Gasteiger partial charge in [-0.1, -0.05) is 36.4 Å². The molecule has 1 aliphatic carbocycles. The van der Waals surface area contributed by atoms with Gasteiger partial charge in [-0.3, -0.25) is 4.90 Å². The van der Waals surface area contributed by atoms with Gasteiger partial charge in [0.1, 0.15) is 0 Å². The minimum Gasteiger partial charge on any atom is -0.287 e. The third-order valence-corrected chi connectivity index (χ3v) is 4.49. The van der Waals surface area contributed by atoms with Crippen molar-refractivity contribution in [2.24, 2.45) is 0 Å². The van der Waals surface area contributed by atoms with Gasteiger partial charge in [-0.25, -0.2) is 0 Å². The van der Waals surface area contributed by atoms with Crippen molar-refractivity contribution in [3.05, 3.63) is 47.5 Å². The molecule has 1 aromatic carbocycles. The molecule has 1 nitrogen and oxygen atoms in total. The molecule has 0 N–H and O–H groups in total. The van der Waals surface area contributed by atoms with Crippen LogP contribution in [0.15, 0.2) is 36.4 Å². The van der Waals surface area contributed by atoms with Crippen molar-refractivity contribution < 1.29 is 0 Å². The zero-order valence-electron chi connectivity index (χ0n) is 12.4. The van der Waals surface area contributed by atoms with E-state index in [4.69, 9.17) is 0 Å². The van der Waals surface area contributed by atoms with Crippen molar-refractivity contribution >= 4 is 0 Å². The second-order valence-electron chi connectivity index (χ2n) is 7.17. The lowest BCUT2D eigenvalue weighted by atomic mass is 9.93. The highest BCUT2D eigenvalue weighted by Gasteiger charge is 2.38. The molecule has 1 saturated heterocycles. The molecule has 0 radical (unpaired) electrons. The minimum atomic E-state index is 0.209. The topological polar surface area (TPSA) is 3.24 Å². The molecule has 3 rings (SSSR count). The van der Waals surface area contributed by atoms with Gasteiger partial charge in [0.15, 0.2) is 0 Å². The van der Waals surface area contributed by atoms with Crippen LogP contribution in [0.25, 0.3) is 0 Å². The van der Waals surface area contributed by atoms with Crippen LogP contribution in [0.1, 0.15) is 63.1 Å². The molecule has 102 valence electrons. The SMILES string of the molecule is C=C1CC(c2ccccc2C2CC2)N(C(C)(C)C)C1. The summed E-state index contributed by atoms with van der Waals surface area (Å²) in [7, 11) is 0. The van der Waals surface area contributed by atoms with Gasteiger partial charge in [0, 0.05) is 18.1 Å². The van der Waals surface area contributed by atoms with Gasteiger partial charge in [0.25, 0.3) is 0 Å². The largest absolute Gasteiger partial charge is 0.287 e. The Morgan fingerprint density at radius 1 is 1.11 bits per heavy atom. The van der Waals surface area contributed by atoms with Crippen LogP contribution < -0.4 is 0 Å². The van der Waals surface area contributed by atoms with E-state index < -0.39 is 0 Å². The van der Waals surface area contributed by atoms with E-state index in [1.807, 2.05) is 0 Å². The molecular weight excluding hydrogens is 230 g/mol. The van der Waals surface area contributed by atoms with Crippen LogP contribution >= 0.6 is 0 Å². The van der Waals surface area contributed by atoms with Gasteiger partial charge in [-0.15, -0.1) is 0 Å². The van der Waals surface area contributed by atoms with Crippen LogP contribution in [-0.4, -0.2) is 17.0 Å². The molecule has 1 saturated carbocycles. The monoisotopic (exact) mass is 255 g/mol. The number of benzene rings is 1. The maximum Gasteiger partial charge on any atom is 0.0397 e. The summed E-state index contributed by atoms with van der Waals surface area (Å²) in [5, 5.41) is 0. The molecule has 19 heavy (non-hydrogen) atoms. The Hall–Kier alpha value is -1.08. The van der Waals surface area contributed by atoms with Crippen LogP contribution in [0.2, 0.25) is 0 Å². The van der Waals surface area contributed by atoms with Crippen LogP contribution in [0.5, 0.6) is 0 Å². The van der Waals surface area contributed by atoms with E-state index in [2.05, 4.69) is 56.5 Å². The Morgan fingerprint density at radius 2 is 1.74 bits per heavy atom. The molecule has 1 aliphatic heterocycles. The van der Waals surface area contributed by atoms with Gasteiger partial charge in [-0.05, 0) is 57.1 Å². The number of hydrogen-bond donors (Lipinski definition) is 0. The Bertz CT molecular complexity index is 491. The van der Waals surface area contributed by atoms with E-state index in [1.165, 1.54) is 18.4 Å². The van der Waals surface area contributed by atoms with Crippen LogP contribution in [0.3, 0.4) is 0 Å². The molecule has 0 aromatic heterocycles. The zero-order chi connectivity index (χ0) is 13.6. The predicted octanol–water partition coefficient (Wildman–Crippen LogP) is 4.67. The van der Waals surface area contributed by atoms with Crippen molar-refractivity contribution in [1.82, 2.24) is 4.90 Å². The molecule has 0 spiro atoms. The lowest BCUT2D eigenvalue weighted by molar-refractivity contribution is 0.123. The number of likely N-dealkylation sites (tertiary alicyclic amines) is 1. The first-order valence-electron chi connectivity index (χ1n) is 7.49. The molecule has 0 amide bonds. The van der Waals surface area contributed by atoms with E-state index >= 15 is 0 Å². The highest BCUT2D eigenvalue weighted by atomic mass is 15.2. The van der Waals surface area contributed by atoms with Crippen molar-refractivity contribution in [2.75, 3.05) is 6.54 Å². The summed E-state index contributed by atoms with van der Waals surface area (Å²) < 4.78 is 0. The highest BCUT2D eigenvalue weighted by molar-refractivity contribution is 5.38. The van der Waals surface area contributed by atoms with Crippen LogP contribution in [-0.2, 0) is 0 Å². The lowest BCUT2D eigenvalue weighted by Gasteiger charge is -2.37. The second kappa shape index (κ2) is 4.49. The predicted molar refractivity (Wildman–Crippen MR) is 81.4 cm³/mol. The first-order chi connectivity index (χ1) is 8.97. The summed E-state index contributed by atoms with van der Waals surface area (Å²) >= 11 is 0. The Kier molecular flexibility index (Phi) is 3.05. The molecule has 1 heteroatoms. The van der Waals surface area contributed by atoms with Crippen LogP contribution in [0, 0.1) is 0 Å². The third-order valence-electron chi connectivity index (χ3n) is 4.49. The molecule has 2 fully saturated rings. The zero-order valence-corrected chi connectivity index (χ0v) is 12.4. The summed E-state index contributed by atoms with van der Waals surface area (Å²) in [4.78, 5) is 2.62. The minimum absolute atomic E-state index is 0.209. The van der Waals surface area contributed by atoms with Gasteiger partial charge >= 0.3 is 0 Å². The number of rotatable bonds is 2. The normalized spacial score (nSPS) is 25.0. The number of nitrogens with zero attached hydrogens (tertiary/aromatic N) is 1. The van der Waals surface area contributed by atoms with E-state index in [9.17, 15) is 0 Å². The molecule has 2 aliphatic rings. The average molecular weight is 255 g/mol. The Labute approximate surface area is 117 Å². The Morgan fingerprint density at radius 3 is 2.32 bits per heavy atom. The average Bonchev–Trinajstić information content (AvgIpc) is 3.11. The molecule has 1 unspecified atom stereocenters. The number of hydrogen-bond acceptors (Lipinski definition) is 1. The maximum atomic E-state index is 4.24.